The van der Waals surface area contributed by atoms with E-state index in [0.717, 1.165) is 22.4 Å². The van der Waals surface area contributed by atoms with Gasteiger partial charge in [0, 0.05) is 27.7 Å². The Morgan fingerprint density at radius 2 is 1.82 bits per heavy atom. The van der Waals surface area contributed by atoms with E-state index in [9.17, 15) is 9.90 Å². The van der Waals surface area contributed by atoms with E-state index in [-0.39, 0.29) is 0 Å². The van der Waals surface area contributed by atoms with Crippen LogP contribution in [0.4, 0.5) is 0 Å². The SMILES string of the molecule is O=C(O)c1cccc2c1ccn2Cc1cc(Cl)ccc1OCc1ccccc1. The fraction of sp³-hybridized carbons (Fsp3) is 0.0870. The van der Waals surface area contributed by atoms with Crippen LogP contribution >= 0.6 is 11.6 Å². The molecule has 0 amide bonds. The third kappa shape index (κ3) is 3.73. The molecular weight excluding hydrogens is 374 g/mol. The van der Waals surface area contributed by atoms with Gasteiger partial charge in [0.2, 0.25) is 0 Å². The van der Waals surface area contributed by atoms with E-state index in [4.69, 9.17) is 16.3 Å². The van der Waals surface area contributed by atoms with Gasteiger partial charge in [0.1, 0.15) is 12.4 Å². The highest BCUT2D eigenvalue weighted by Crippen LogP contribution is 2.27. The van der Waals surface area contributed by atoms with Crippen molar-refractivity contribution < 1.29 is 14.6 Å². The van der Waals surface area contributed by atoms with Crippen molar-refractivity contribution in [3.8, 4) is 5.75 Å². The van der Waals surface area contributed by atoms with Crippen LogP contribution in [0.3, 0.4) is 0 Å². The van der Waals surface area contributed by atoms with Crippen LogP contribution < -0.4 is 4.74 Å². The first kappa shape index (κ1) is 18.1. The molecular formula is C23H18ClNO3. The second-order valence-electron chi connectivity index (χ2n) is 6.51. The van der Waals surface area contributed by atoms with Gasteiger partial charge in [-0.1, -0.05) is 48.0 Å². The van der Waals surface area contributed by atoms with Gasteiger partial charge >= 0.3 is 5.97 Å². The minimum atomic E-state index is -0.932. The first-order chi connectivity index (χ1) is 13.6. The summed E-state index contributed by atoms with van der Waals surface area (Å²) in [6, 6.07) is 22.6. The predicted molar refractivity (Wildman–Crippen MR) is 110 cm³/mol. The molecule has 4 rings (SSSR count). The Balaban J connectivity index is 1.64. The van der Waals surface area contributed by atoms with E-state index in [1.165, 1.54) is 0 Å². The molecule has 0 bridgehead atoms. The molecule has 0 aliphatic carbocycles. The number of nitrogens with zero attached hydrogens (tertiary/aromatic N) is 1. The summed E-state index contributed by atoms with van der Waals surface area (Å²) in [6.07, 6.45) is 1.89. The van der Waals surface area contributed by atoms with Crippen LogP contribution in [0.15, 0.2) is 79.0 Å². The van der Waals surface area contributed by atoms with Crippen molar-refractivity contribution in [1.82, 2.24) is 4.57 Å². The van der Waals surface area contributed by atoms with Gasteiger partial charge in [0.25, 0.3) is 0 Å². The number of fused-ring (bicyclic) bond motifs is 1. The largest absolute Gasteiger partial charge is 0.489 e. The van der Waals surface area contributed by atoms with Crippen LogP contribution in [-0.4, -0.2) is 15.6 Å². The molecule has 0 atom stereocenters. The summed E-state index contributed by atoms with van der Waals surface area (Å²) < 4.78 is 8.04. The van der Waals surface area contributed by atoms with Crippen LogP contribution in [-0.2, 0) is 13.2 Å². The second-order valence-corrected chi connectivity index (χ2v) is 6.95. The van der Waals surface area contributed by atoms with E-state index in [1.54, 1.807) is 12.1 Å². The minimum absolute atomic E-state index is 0.294. The first-order valence-corrected chi connectivity index (χ1v) is 9.26. The van der Waals surface area contributed by atoms with E-state index < -0.39 is 5.97 Å². The van der Waals surface area contributed by atoms with Gasteiger partial charge in [0.15, 0.2) is 0 Å². The molecule has 1 heterocycles. The van der Waals surface area contributed by atoms with Crippen molar-refractivity contribution in [3.63, 3.8) is 0 Å². The number of halogens is 1. The summed E-state index contributed by atoms with van der Waals surface area (Å²) in [7, 11) is 0. The molecule has 0 aliphatic rings. The summed E-state index contributed by atoms with van der Waals surface area (Å²) >= 11 is 6.22. The smallest absolute Gasteiger partial charge is 0.336 e. The van der Waals surface area contributed by atoms with Crippen molar-refractivity contribution in [2.75, 3.05) is 0 Å². The molecule has 0 aliphatic heterocycles. The first-order valence-electron chi connectivity index (χ1n) is 8.88. The standard InChI is InChI=1S/C23H18ClNO3/c24-18-9-10-22(28-15-16-5-2-1-3-6-16)17(13-18)14-25-12-11-19-20(23(26)27)7-4-8-21(19)25/h1-13H,14-15H2,(H,26,27). The van der Waals surface area contributed by atoms with Crippen molar-refractivity contribution in [1.29, 1.82) is 0 Å². The monoisotopic (exact) mass is 391 g/mol. The Morgan fingerprint density at radius 3 is 2.61 bits per heavy atom. The number of hydrogen-bond acceptors (Lipinski definition) is 2. The molecule has 0 saturated heterocycles. The van der Waals surface area contributed by atoms with Crippen LogP contribution in [0, 0.1) is 0 Å². The Kier molecular flexibility index (Phi) is 5.04. The van der Waals surface area contributed by atoms with Gasteiger partial charge < -0.3 is 14.4 Å². The van der Waals surface area contributed by atoms with Gasteiger partial charge in [-0.3, -0.25) is 0 Å². The molecule has 0 fully saturated rings. The highest BCUT2D eigenvalue weighted by atomic mass is 35.5. The van der Waals surface area contributed by atoms with Gasteiger partial charge in [-0.2, -0.15) is 0 Å². The number of hydrogen-bond donors (Lipinski definition) is 1. The molecule has 0 spiro atoms. The molecule has 0 unspecified atom stereocenters. The number of aromatic nitrogens is 1. The van der Waals surface area contributed by atoms with Crippen molar-refractivity contribution >= 4 is 28.5 Å². The van der Waals surface area contributed by atoms with Gasteiger partial charge in [-0.05, 0) is 42.0 Å². The molecule has 3 aromatic carbocycles. The summed E-state index contributed by atoms with van der Waals surface area (Å²) in [5, 5.41) is 10.7. The van der Waals surface area contributed by atoms with Crippen LogP contribution in [0.25, 0.3) is 10.9 Å². The number of benzene rings is 3. The third-order valence-electron chi connectivity index (χ3n) is 4.64. The lowest BCUT2D eigenvalue weighted by Gasteiger charge is -2.14. The van der Waals surface area contributed by atoms with E-state index in [1.807, 2.05) is 71.4 Å². The van der Waals surface area contributed by atoms with Gasteiger partial charge in [-0.25, -0.2) is 4.79 Å². The molecule has 0 saturated carbocycles. The second kappa shape index (κ2) is 7.79. The van der Waals surface area contributed by atoms with Crippen molar-refractivity contribution in [2.45, 2.75) is 13.2 Å². The van der Waals surface area contributed by atoms with Crippen LogP contribution in [0.5, 0.6) is 5.75 Å². The minimum Gasteiger partial charge on any atom is -0.489 e. The molecule has 28 heavy (non-hydrogen) atoms. The molecule has 0 radical (unpaired) electrons. The van der Waals surface area contributed by atoms with E-state index >= 15 is 0 Å². The number of rotatable bonds is 6. The Hall–Kier alpha value is -3.24. The lowest BCUT2D eigenvalue weighted by atomic mass is 10.1. The number of carbonyl (C=O) groups is 1. The number of carboxylic acid groups (broad SMARTS) is 1. The molecule has 140 valence electrons. The fourth-order valence-electron chi connectivity index (χ4n) is 3.28. The maximum atomic E-state index is 11.5. The summed E-state index contributed by atoms with van der Waals surface area (Å²) in [5.41, 5.74) is 3.17. The average molecular weight is 392 g/mol. The zero-order chi connectivity index (χ0) is 19.5. The quantitative estimate of drug-likeness (QED) is 0.464. The maximum Gasteiger partial charge on any atom is 0.336 e. The Labute approximate surface area is 167 Å². The topological polar surface area (TPSA) is 51.5 Å². The summed E-state index contributed by atoms with van der Waals surface area (Å²) in [4.78, 5) is 11.5. The van der Waals surface area contributed by atoms with Gasteiger partial charge in [-0.15, -0.1) is 0 Å². The highest BCUT2D eigenvalue weighted by molar-refractivity contribution is 6.30. The molecule has 1 N–H and O–H groups in total. The Morgan fingerprint density at radius 1 is 1.00 bits per heavy atom. The lowest BCUT2D eigenvalue weighted by molar-refractivity contribution is 0.0699. The van der Waals surface area contributed by atoms with E-state index in [2.05, 4.69) is 0 Å². The summed E-state index contributed by atoms with van der Waals surface area (Å²) in [6.45, 7) is 0.988. The summed E-state index contributed by atoms with van der Waals surface area (Å²) in [5.74, 6) is -0.178. The zero-order valence-corrected chi connectivity index (χ0v) is 15.8. The third-order valence-corrected chi connectivity index (χ3v) is 4.88. The highest BCUT2D eigenvalue weighted by Gasteiger charge is 2.13. The normalized spacial score (nSPS) is 10.9. The van der Waals surface area contributed by atoms with Crippen molar-refractivity contribution in [2.24, 2.45) is 0 Å². The predicted octanol–water partition coefficient (Wildman–Crippen LogP) is 5.62. The molecule has 5 heteroatoms. The number of aromatic carboxylic acids is 1. The van der Waals surface area contributed by atoms with Crippen molar-refractivity contribution in [3.05, 3.63) is 101 Å². The van der Waals surface area contributed by atoms with Crippen LogP contribution in [0.2, 0.25) is 5.02 Å². The molecule has 1 aromatic heterocycles. The molecule has 4 aromatic rings. The lowest BCUT2D eigenvalue weighted by Crippen LogP contribution is -2.03. The fourth-order valence-corrected chi connectivity index (χ4v) is 3.47. The average Bonchev–Trinajstić information content (AvgIpc) is 3.11. The number of carboxylic acids is 1. The van der Waals surface area contributed by atoms with Gasteiger partial charge in [0.05, 0.1) is 12.1 Å². The molecule has 4 nitrogen and oxygen atoms in total. The van der Waals surface area contributed by atoms with E-state index in [0.29, 0.717) is 29.1 Å². The van der Waals surface area contributed by atoms with Crippen LogP contribution in [0.1, 0.15) is 21.5 Å². The maximum absolute atomic E-state index is 11.5. The Bertz CT molecular complexity index is 1140. The number of ether oxygens (including phenoxy) is 1. The zero-order valence-electron chi connectivity index (χ0n) is 15.0.